The smallest absolute Gasteiger partial charge is 0.254 e. The molecule has 0 spiro atoms. The normalized spacial score (nSPS) is 16.8. The van der Waals surface area contributed by atoms with E-state index in [2.05, 4.69) is 19.1 Å². The van der Waals surface area contributed by atoms with Gasteiger partial charge < -0.3 is 4.90 Å². The van der Waals surface area contributed by atoms with Crippen LogP contribution in [0.25, 0.3) is 10.8 Å². The Balaban J connectivity index is 1.93. The number of carbonyl (C=O) groups is 1. The summed E-state index contributed by atoms with van der Waals surface area (Å²) in [5.74, 6) is 0.931. The monoisotopic (exact) mass is 253 g/mol. The maximum atomic E-state index is 12.6. The van der Waals surface area contributed by atoms with E-state index in [1.54, 1.807) is 0 Å². The molecule has 0 aliphatic carbocycles. The topological polar surface area (TPSA) is 20.3 Å². The highest BCUT2D eigenvalue weighted by Gasteiger charge is 2.22. The summed E-state index contributed by atoms with van der Waals surface area (Å²) in [6.07, 6.45) is 2.24. The van der Waals surface area contributed by atoms with E-state index in [0.29, 0.717) is 0 Å². The van der Waals surface area contributed by atoms with Gasteiger partial charge in [-0.3, -0.25) is 4.79 Å². The molecule has 0 atom stereocenters. The molecule has 2 heteroatoms. The third-order valence-corrected chi connectivity index (χ3v) is 4.09. The van der Waals surface area contributed by atoms with Crippen molar-refractivity contribution < 1.29 is 4.79 Å². The molecule has 1 fully saturated rings. The van der Waals surface area contributed by atoms with Crippen molar-refractivity contribution >= 4 is 16.7 Å². The molecular formula is C17H19NO. The molecule has 2 aromatic carbocycles. The van der Waals surface area contributed by atoms with Crippen LogP contribution in [0.5, 0.6) is 0 Å². The molecule has 0 radical (unpaired) electrons. The van der Waals surface area contributed by atoms with Crippen LogP contribution < -0.4 is 0 Å². The maximum Gasteiger partial charge on any atom is 0.254 e. The first-order valence-corrected chi connectivity index (χ1v) is 7.03. The Hall–Kier alpha value is -1.83. The second kappa shape index (κ2) is 5.04. The van der Waals surface area contributed by atoms with Crippen LogP contribution in [-0.2, 0) is 0 Å². The Kier molecular flexibility index (Phi) is 3.24. The molecule has 2 aromatic rings. The summed E-state index contributed by atoms with van der Waals surface area (Å²) in [7, 11) is 0. The van der Waals surface area contributed by atoms with Crippen molar-refractivity contribution in [3.05, 3.63) is 48.0 Å². The zero-order chi connectivity index (χ0) is 13.2. The maximum absolute atomic E-state index is 12.6. The number of piperidine rings is 1. The highest BCUT2D eigenvalue weighted by Crippen LogP contribution is 2.23. The van der Waals surface area contributed by atoms with Crippen molar-refractivity contribution in [2.45, 2.75) is 19.8 Å². The van der Waals surface area contributed by atoms with E-state index >= 15 is 0 Å². The summed E-state index contributed by atoms with van der Waals surface area (Å²) < 4.78 is 0. The molecule has 0 N–H and O–H groups in total. The van der Waals surface area contributed by atoms with E-state index in [9.17, 15) is 4.79 Å². The fraction of sp³-hybridized carbons (Fsp3) is 0.353. The van der Waals surface area contributed by atoms with E-state index in [0.717, 1.165) is 48.2 Å². The van der Waals surface area contributed by atoms with Crippen LogP contribution in [0.4, 0.5) is 0 Å². The zero-order valence-electron chi connectivity index (χ0n) is 11.3. The molecule has 0 saturated carbocycles. The molecule has 19 heavy (non-hydrogen) atoms. The van der Waals surface area contributed by atoms with Gasteiger partial charge >= 0.3 is 0 Å². The number of carbonyl (C=O) groups excluding carboxylic acids is 1. The van der Waals surface area contributed by atoms with Crippen LogP contribution >= 0.6 is 0 Å². The molecule has 98 valence electrons. The molecule has 1 amide bonds. The molecule has 1 heterocycles. The van der Waals surface area contributed by atoms with Crippen molar-refractivity contribution in [3.63, 3.8) is 0 Å². The number of amides is 1. The number of likely N-dealkylation sites (tertiary alicyclic amines) is 1. The lowest BCUT2D eigenvalue weighted by molar-refractivity contribution is 0.0699. The number of nitrogens with zero attached hydrogens (tertiary/aromatic N) is 1. The molecule has 0 bridgehead atoms. The number of hydrogen-bond donors (Lipinski definition) is 0. The van der Waals surface area contributed by atoms with E-state index in [1.807, 2.05) is 35.2 Å². The fourth-order valence-electron chi connectivity index (χ4n) is 2.79. The molecule has 2 nitrogen and oxygen atoms in total. The number of fused-ring (bicyclic) bond motifs is 1. The van der Waals surface area contributed by atoms with Crippen LogP contribution in [-0.4, -0.2) is 23.9 Å². The van der Waals surface area contributed by atoms with Crippen LogP contribution in [0.15, 0.2) is 42.5 Å². The second-order valence-corrected chi connectivity index (χ2v) is 5.50. The van der Waals surface area contributed by atoms with Gasteiger partial charge in [-0.15, -0.1) is 0 Å². The minimum absolute atomic E-state index is 0.184. The summed E-state index contributed by atoms with van der Waals surface area (Å²) in [6, 6.07) is 14.1. The van der Waals surface area contributed by atoms with Crippen molar-refractivity contribution in [1.82, 2.24) is 4.90 Å². The lowest BCUT2D eigenvalue weighted by Gasteiger charge is -2.30. The minimum Gasteiger partial charge on any atom is -0.339 e. The molecule has 1 saturated heterocycles. The Morgan fingerprint density at radius 1 is 1.05 bits per heavy atom. The Labute approximate surface area is 114 Å². The predicted octanol–water partition coefficient (Wildman–Crippen LogP) is 3.71. The Bertz CT molecular complexity index is 592. The van der Waals surface area contributed by atoms with Gasteiger partial charge in [0.05, 0.1) is 0 Å². The molecular weight excluding hydrogens is 234 g/mol. The van der Waals surface area contributed by atoms with E-state index in [4.69, 9.17) is 0 Å². The van der Waals surface area contributed by atoms with E-state index < -0.39 is 0 Å². The minimum atomic E-state index is 0.184. The number of benzene rings is 2. The first kappa shape index (κ1) is 12.2. The van der Waals surface area contributed by atoms with Gasteiger partial charge in [-0.25, -0.2) is 0 Å². The van der Waals surface area contributed by atoms with Gasteiger partial charge in [0, 0.05) is 18.7 Å². The van der Waals surface area contributed by atoms with E-state index in [-0.39, 0.29) is 5.91 Å². The predicted molar refractivity (Wildman–Crippen MR) is 78.2 cm³/mol. The molecule has 3 rings (SSSR count). The Morgan fingerprint density at radius 3 is 2.53 bits per heavy atom. The van der Waals surface area contributed by atoms with Gasteiger partial charge in [-0.05, 0) is 35.6 Å². The highest BCUT2D eigenvalue weighted by molar-refractivity contribution is 6.07. The SMILES string of the molecule is CC1CCN(C(=O)c2cccc3ccccc23)CC1. The summed E-state index contributed by atoms with van der Waals surface area (Å²) in [4.78, 5) is 14.6. The van der Waals surface area contributed by atoms with Gasteiger partial charge in [0.15, 0.2) is 0 Å². The van der Waals surface area contributed by atoms with Crippen molar-refractivity contribution in [1.29, 1.82) is 0 Å². The van der Waals surface area contributed by atoms with Crippen molar-refractivity contribution in [3.8, 4) is 0 Å². The number of hydrogen-bond acceptors (Lipinski definition) is 1. The van der Waals surface area contributed by atoms with Gasteiger partial charge in [0.2, 0.25) is 0 Å². The summed E-state index contributed by atoms with van der Waals surface area (Å²) in [5, 5.41) is 2.20. The third kappa shape index (κ3) is 2.35. The standard InChI is InChI=1S/C17H19NO/c1-13-9-11-18(12-10-13)17(19)16-8-4-6-14-5-2-3-7-15(14)16/h2-8,13H,9-12H2,1H3. The van der Waals surface area contributed by atoms with Gasteiger partial charge in [0.1, 0.15) is 0 Å². The molecule has 1 aliphatic heterocycles. The van der Waals surface area contributed by atoms with Gasteiger partial charge in [-0.2, -0.15) is 0 Å². The lowest BCUT2D eigenvalue weighted by Crippen LogP contribution is -2.37. The van der Waals surface area contributed by atoms with Crippen LogP contribution in [0.1, 0.15) is 30.1 Å². The molecule has 0 unspecified atom stereocenters. The molecule has 0 aromatic heterocycles. The average Bonchev–Trinajstić information content (AvgIpc) is 2.47. The Morgan fingerprint density at radius 2 is 1.74 bits per heavy atom. The van der Waals surface area contributed by atoms with Crippen LogP contribution in [0.2, 0.25) is 0 Å². The van der Waals surface area contributed by atoms with E-state index in [1.165, 1.54) is 0 Å². The fourth-order valence-corrected chi connectivity index (χ4v) is 2.79. The van der Waals surface area contributed by atoms with Crippen molar-refractivity contribution in [2.75, 3.05) is 13.1 Å². The van der Waals surface area contributed by atoms with Crippen LogP contribution in [0.3, 0.4) is 0 Å². The summed E-state index contributed by atoms with van der Waals surface area (Å²) in [6.45, 7) is 4.05. The zero-order valence-corrected chi connectivity index (χ0v) is 11.3. The van der Waals surface area contributed by atoms with Crippen molar-refractivity contribution in [2.24, 2.45) is 5.92 Å². The van der Waals surface area contributed by atoms with Gasteiger partial charge in [-0.1, -0.05) is 43.3 Å². The first-order chi connectivity index (χ1) is 9.25. The lowest BCUT2D eigenvalue weighted by atomic mass is 9.97. The first-order valence-electron chi connectivity index (χ1n) is 7.03. The largest absolute Gasteiger partial charge is 0.339 e. The number of rotatable bonds is 1. The third-order valence-electron chi connectivity index (χ3n) is 4.09. The summed E-state index contributed by atoms with van der Waals surface area (Å²) in [5.41, 5.74) is 0.840. The van der Waals surface area contributed by atoms with Crippen LogP contribution in [0, 0.1) is 5.92 Å². The highest BCUT2D eigenvalue weighted by atomic mass is 16.2. The average molecular weight is 253 g/mol. The summed E-state index contributed by atoms with van der Waals surface area (Å²) >= 11 is 0. The second-order valence-electron chi connectivity index (χ2n) is 5.50. The molecule has 1 aliphatic rings. The quantitative estimate of drug-likeness (QED) is 0.758. The van der Waals surface area contributed by atoms with Gasteiger partial charge in [0.25, 0.3) is 5.91 Å².